The van der Waals surface area contributed by atoms with Crippen molar-refractivity contribution in [3.63, 3.8) is 0 Å². The average Bonchev–Trinajstić information content (AvgIpc) is 3.57. The van der Waals surface area contributed by atoms with Gasteiger partial charge >= 0.3 is 5.97 Å². The van der Waals surface area contributed by atoms with Crippen LogP contribution in [0.15, 0.2) is 41.8 Å². The van der Waals surface area contributed by atoms with E-state index in [1.807, 2.05) is 34.5 Å². The first-order valence-electron chi connectivity index (χ1n) is 12.1. The molecule has 2 aromatic heterocycles. The van der Waals surface area contributed by atoms with Crippen LogP contribution in [0.25, 0.3) is 21.5 Å². The van der Waals surface area contributed by atoms with E-state index in [0.29, 0.717) is 41.8 Å². The number of hydrogen-bond donors (Lipinski definition) is 2. The number of aliphatic hydroxyl groups excluding tert-OH is 1. The molecule has 0 radical (unpaired) electrons. The number of likely N-dealkylation sites (tertiary alicyclic amines) is 1. The summed E-state index contributed by atoms with van der Waals surface area (Å²) in [6, 6.07) is 10.9. The van der Waals surface area contributed by atoms with E-state index in [1.165, 1.54) is 11.3 Å². The molecule has 9 nitrogen and oxygen atoms in total. The van der Waals surface area contributed by atoms with Crippen LogP contribution in [0.1, 0.15) is 28.8 Å². The number of para-hydroxylation sites is 1. The largest absolute Gasteiger partial charge is 0.478 e. The second-order valence-electron chi connectivity index (χ2n) is 9.21. The standard InChI is InChI=1S/C26H28N4O5S/c31-16-17-5-3-9-30(17)23(33)15-29-11-10-28(14-22(29)32)13-19-24(26(34)35)18-6-1-2-7-20(18)27-25(19)21-8-4-12-36-21/h1-2,4,6-8,12,17,31H,3,5,9-11,13-16H2,(H,34,35). The van der Waals surface area contributed by atoms with Gasteiger partial charge in [0, 0.05) is 37.1 Å². The van der Waals surface area contributed by atoms with E-state index in [0.717, 1.165) is 17.7 Å². The van der Waals surface area contributed by atoms with Crippen LogP contribution in [-0.4, -0.2) is 93.1 Å². The highest BCUT2D eigenvalue weighted by atomic mass is 32.1. The number of carboxylic acid groups (broad SMARTS) is 1. The van der Waals surface area contributed by atoms with E-state index in [2.05, 4.69) is 0 Å². The van der Waals surface area contributed by atoms with Crippen LogP contribution in [0.5, 0.6) is 0 Å². The molecule has 188 valence electrons. The summed E-state index contributed by atoms with van der Waals surface area (Å²) < 4.78 is 0. The van der Waals surface area contributed by atoms with Gasteiger partial charge in [-0.3, -0.25) is 14.5 Å². The van der Waals surface area contributed by atoms with Gasteiger partial charge in [0.2, 0.25) is 11.8 Å². The van der Waals surface area contributed by atoms with E-state index in [1.54, 1.807) is 21.9 Å². The third-order valence-corrected chi connectivity index (χ3v) is 7.85. The molecule has 2 fully saturated rings. The fourth-order valence-electron chi connectivity index (χ4n) is 5.16. The molecule has 1 unspecified atom stereocenters. The SMILES string of the molecule is O=C(O)c1c(CN2CCN(CC(=O)N3CCCC3CO)C(=O)C2)c(-c2cccs2)nc2ccccc12. The molecular weight excluding hydrogens is 480 g/mol. The van der Waals surface area contributed by atoms with Crippen molar-refractivity contribution < 1.29 is 24.6 Å². The summed E-state index contributed by atoms with van der Waals surface area (Å²) in [5.74, 6) is -1.33. The van der Waals surface area contributed by atoms with Crippen molar-refractivity contribution in [2.24, 2.45) is 0 Å². The van der Waals surface area contributed by atoms with Gasteiger partial charge < -0.3 is 20.0 Å². The first-order valence-corrected chi connectivity index (χ1v) is 12.9. The van der Waals surface area contributed by atoms with Gasteiger partial charge in [-0.2, -0.15) is 0 Å². The lowest BCUT2D eigenvalue weighted by Crippen LogP contribution is -2.53. The summed E-state index contributed by atoms with van der Waals surface area (Å²) in [6.07, 6.45) is 1.64. The molecule has 2 amide bonds. The Morgan fingerprint density at radius 3 is 2.67 bits per heavy atom. The first kappa shape index (κ1) is 24.4. The van der Waals surface area contributed by atoms with Crippen molar-refractivity contribution in [3.05, 3.63) is 52.9 Å². The summed E-state index contributed by atoms with van der Waals surface area (Å²) in [7, 11) is 0. The van der Waals surface area contributed by atoms with Crippen LogP contribution in [-0.2, 0) is 16.1 Å². The van der Waals surface area contributed by atoms with E-state index < -0.39 is 5.97 Å². The number of hydrogen-bond acceptors (Lipinski definition) is 7. The van der Waals surface area contributed by atoms with Gasteiger partial charge in [0.05, 0.1) is 47.4 Å². The number of benzene rings is 1. The van der Waals surface area contributed by atoms with Gasteiger partial charge in [0.1, 0.15) is 0 Å². The normalized spacial score (nSPS) is 18.8. The number of nitrogens with zero attached hydrogens (tertiary/aromatic N) is 4. The number of aromatic nitrogens is 1. The number of piperazine rings is 1. The molecule has 36 heavy (non-hydrogen) atoms. The number of fused-ring (bicyclic) bond motifs is 1. The van der Waals surface area contributed by atoms with Crippen LogP contribution in [0.4, 0.5) is 0 Å². The van der Waals surface area contributed by atoms with E-state index in [4.69, 9.17) is 4.98 Å². The molecular formula is C26H28N4O5S. The summed E-state index contributed by atoms with van der Waals surface area (Å²) in [6.45, 7) is 1.79. The van der Waals surface area contributed by atoms with Crippen molar-refractivity contribution in [1.82, 2.24) is 19.7 Å². The lowest BCUT2D eigenvalue weighted by atomic mass is 9.98. The van der Waals surface area contributed by atoms with Crippen LogP contribution in [0.2, 0.25) is 0 Å². The monoisotopic (exact) mass is 508 g/mol. The van der Waals surface area contributed by atoms with Gasteiger partial charge in [-0.25, -0.2) is 9.78 Å². The molecule has 3 aromatic rings. The zero-order chi connectivity index (χ0) is 25.2. The molecule has 5 rings (SSSR count). The van der Waals surface area contributed by atoms with E-state index in [9.17, 15) is 24.6 Å². The van der Waals surface area contributed by atoms with E-state index in [-0.39, 0.29) is 49.7 Å². The number of carbonyl (C=O) groups is 3. The second-order valence-corrected chi connectivity index (χ2v) is 10.2. The van der Waals surface area contributed by atoms with Gasteiger partial charge in [-0.05, 0) is 30.4 Å². The molecule has 2 aliphatic heterocycles. The Morgan fingerprint density at radius 2 is 1.94 bits per heavy atom. The maximum absolute atomic E-state index is 13.0. The molecule has 0 spiro atoms. The number of aromatic carboxylic acids is 1. The Labute approximate surface area is 212 Å². The highest BCUT2D eigenvalue weighted by Gasteiger charge is 2.33. The zero-order valence-corrected chi connectivity index (χ0v) is 20.6. The van der Waals surface area contributed by atoms with Crippen LogP contribution in [0, 0.1) is 0 Å². The molecule has 2 saturated heterocycles. The summed E-state index contributed by atoms with van der Waals surface area (Å²) >= 11 is 1.49. The van der Waals surface area contributed by atoms with Gasteiger partial charge in [0.25, 0.3) is 0 Å². The molecule has 4 heterocycles. The topological polar surface area (TPSA) is 114 Å². The second kappa shape index (κ2) is 10.3. The lowest BCUT2D eigenvalue weighted by Gasteiger charge is -2.35. The minimum absolute atomic E-state index is 0.00151. The van der Waals surface area contributed by atoms with Gasteiger partial charge in [0.15, 0.2) is 0 Å². The minimum Gasteiger partial charge on any atom is -0.478 e. The zero-order valence-electron chi connectivity index (χ0n) is 19.8. The lowest BCUT2D eigenvalue weighted by molar-refractivity contribution is -0.144. The number of rotatable bonds is 7. The third kappa shape index (κ3) is 4.71. The molecule has 10 heteroatoms. The highest BCUT2D eigenvalue weighted by molar-refractivity contribution is 7.13. The quantitative estimate of drug-likeness (QED) is 0.503. The predicted octanol–water partition coefficient (Wildman–Crippen LogP) is 2.29. The van der Waals surface area contributed by atoms with E-state index >= 15 is 0 Å². The number of aliphatic hydroxyl groups is 1. The fourth-order valence-corrected chi connectivity index (χ4v) is 5.90. The Bertz CT molecular complexity index is 1290. The van der Waals surface area contributed by atoms with Crippen molar-refractivity contribution in [1.29, 1.82) is 0 Å². The summed E-state index contributed by atoms with van der Waals surface area (Å²) in [4.78, 5) is 49.0. The summed E-state index contributed by atoms with van der Waals surface area (Å²) in [5.41, 5.74) is 2.03. The Kier molecular flexibility index (Phi) is 6.99. The molecule has 2 N–H and O–H groups in total. The van der Waals surface area contributed by atoms with Crippen molar-refractivity contribution in [2.45, 2.75) is 25.4 Å². The maximum atomic E-state index is 13.0. The average molecular weight is 509 g/mol. The Morgan fingerprint density at radius 1 is 1.11 bits per heavy atom. The molecule has 2 aliphatic rings. The minimum atomic E-state index is -1.03. The highest BCUT2D eigenvalue weighted by Crippen LogP contribution is 2.34. The fraction of sp³-hybridized carbons (Fsp3) is 0.385. The first-order chi connectivity index (χ1) is 17.5. The molecule has 1 atom stereocenters. The maximum Gasteiger partial charge on any atom is 0.336 e. The summed E-state index contributed by atoms with van der Waals surface area (Å²) in [5, 5.41) is 22.2. The molecule has 0 aliphatic carbocycles. The van der Waals surface area contributed by atoms with Crippen LogP contribution < -0.4 is 0 Å². The van der Waals surface area contributed by atoms with Crippen molar-refractivity contribution in [3.8, 4) is 10.6 Å². The molecule has 1 aromatic carbocycles. The number of carbonyl (C=O) groups excluding carboxylic acids is 2. The molecule has 0 bridgehead atoms. The van der Waals surface area contributed by atoms with Gasteiger partial charge in [-0.15, -0.1) is 11.3 Å². The van der Waals surface area contributed by atoms with Crippen molar-refractivity contribution >= 4 is 40.0 Å². The number of amides is 2. The predicted molar refractivity (Wildman–Crippen MR) is 136 cm³/mol. The number of pyridine rings is 1. The third-order valence-electron chi connectivity index (χ3n) is 6.98. The Hall–Kier alpha value is -3.34. The Balaban J connectivity index is 1.38. The van der Waals surface area contributed by atoms with Gasteiger partial charge in [-0.1, -0.05) is 24.3 Å². The van der Waals surface area contributed by atoms with Crippen LogP contribution in [0.3, 0.4) is 0 Å². The van der Waals surface area contributed by atoms with Crippen molar-refractivity contribution in [2.75, 3.05) is 39.3 Å². The smallest absolute Gasteiger partial charge is 0.336 e. The number of carboxylic acids is 1. The molecule has 0 saturated carbocycles. The number of thiophene rings is 1. The van der Waals surface area contributed by atoms with Crippen LogP contribution >= 0.6 is 11.3 Å².